The van der Waals surface area contributed by atoms with Gasteiger partial charge >= 0.3 is 13.7 Å². The molecule has 1 aliphatic carbocycles. The van der Waals surface area contributed by atoms with Crippen LogP contribution < -0.4 is 15.3 Å². The van der Waals surface area contributed by atoms with E-state index in [-0.39, 0.29) is 18.8 Å². The summed E-state index contributed by atoms with van der Waals surface area (Å²) in [6, 6.07) is 7.74. The van der Waals surface area contributed by atoms with Crippen LogP contribution in [0.5, 0.6) is 5.75 Å². The van der Waals surface area contributed by atoms with Crippen LogP contribution in [0.2, 0.25) is 0 Å². The van der Waals surface area contributed by atoms with Crippen LogP contribution in [0.1, 0.15) is 39.0 Å². The van der Waals surface area contributed by atoms with Crippen molar-refractivity contribution in [2.75, 3.05) is 6.61 Å². The Morgan fingerprint density at radius 1 is 1.33 bits per heavy atom. The first kappa shape index (κ1) is 26.1. The number of amidine groups is 1. The molecule has 3 aliphatic rings. The van der Waals surface area contributed by atoms with Crippen molar-refractivity contribution in [1.29, 1.82) is 0 Å². The molecule has 4 rings (SSSR count). The van der Waals surface area contributed by atoms with Crippen LogP contribution in [0.3, 0.4) is 0 Å². The predicted octanol–water partition coefficient (Wildman–Crippen LogP) is 3.46. The van der Waals surface area contributed by atoms with Crippen LogP contribution in [0.15, 0.2) is 64.9 Å². The van der Waals surface area contributed by atoms with Crippen molar-refractivity contribution >= 4 is 25.9 Å². The molecular formula is C24H32N5O6P. The van der Waals surface area contributed by atoms with Crippen LogP contribution >= 0.6 is 7.75 Å². The molecule has 194 valence electrons. The summed E-state index contributed by atoms with van der Waals surface area (Å²) in [7, 11) is -3.96. The number of para-hydroxylation sites is 1. The smallest absolute Gasteiger partial charge is 0.459 e. The van der Waals surface area contributed by atoms with Gasteiger partial charge in [0.2, 0.25) is 0 Å². The van der Waals surface area contributed by atoms with Gasteiger partial charge in [-0.25, -0.2) is 14.6 Å². The van der Waals surface area contributed by atoms with E-state index in [4.69, 9.17) is 24.3 Å². The number of hydrazone groups is 1. The molecule has 2 aliphatic heterocycles. The summed E-state index contributed by atoms with van der Waals surface area (Å²) in [5.41, 5.74) is 6.56. The molecule has 1 aromatic rings. The molecule has 2 heterocycles. The van der Waals surface area contributed by atoms with Crippen molar-refractivity contribution in [3.63, 3.8) is 0 Å². The third-order valence-corrected chi connectivity index (χ3v) is 7.60. The van der Waals surface area contributed by atoms with Gasteiger partial charge in [-0.05, 0) is 57.2 Å². The van der Waals surface area contributed by atoms with Gasteiger partial charge in [0.1, 0.15) is 29.9 Å². The maximum Gasteiger partial charge on any atom is 0.459 e. The lowest BCUT2D eigenvalue weighted by atomic mass is 9.96. The standard InChI is InChI=1S/C24H32N5O6P/c1-3-8-21-23(25)26-16-27-29(21)22-14-13-20(33-22)15-32-36(31,35-19-9-5-4-6-10-19)28-17(2)24(30)34-18-11-7-12-18/h3-6,8-10,16-18,20,22H,1,7,11-15H2,2H3,(H,28,31)(H2,25,26,27)/b21-8-. The number of carbonyl (C=O) groups excluding carboxylic acids is 1. The lowest BCUT2D eigenvalue weighted by molar-refractivity contribution is -0.154. The highest BCUT2D eigenvalue weighted by Crippen LogP contribution is 2.45. The lowest BCUT2D eigenvalue weighted by Crippen LogP contribution is -2.39. The number of aliphatic imine (C=N–C) groups is 1. The molecule has 3 N–H and O–H groups in total. The van der Waals surface area contributed by atoms with E-state index >= 15 is 0 Å². The number of benzene rings is 1. The molecule has 0 aromatic heterocycles. The van der Waals surface area contributed by atoms with E-state index in [0.717, 1.165) is 19.3 Å². The molecule has 0 spiro atoms. The molecule has 4 unspecified atom stereocenters. The molecule has 0 radical (unpaired) electrons. The Morgan fingerprint density at radius 3 is 2.81 bits per heavy atom. The van der Waals surface area contributed by atoms with Crippen molar-refractivity contribution in [3.05, 3.63) is 54.8 Å². The molecule has 11 nitrogen and oxygen atoms in total. The second kappa shape index (κ2) is 11.8. The van der Waals surface area contributed by atoms with E-state index in [9.17, 15) is 9.36 Å². The molecule has 1 aromatic carbocycles. The van der Waals surface area contributed by atoms with E-state index in [1.54, 1.807) is 48.4 Å². The molecule has 12 heteroatoms. The fourth-order valence-electron chi connectivity index (χ4n) is 3.82. The number of carbonyl (C=O) groups is 1. The summed E-state index contributed by atoms with van der Waals surface area (Å²) >= 11 is 0. The van der Waals surface area contributed by atoms with Crippen LogP contribution in [-0.4, -0.2) is 54.2 Å². The van der Waals surface area contributed by atoms with Crippen molar-refractivity contribution in [2.45, 2.75) is 63.5 Å². The zero-order valence-electron chi connectivity index (χ0n) is 20.2. The zero-order valence-corrected chi connectivity index (χ0v) is 21.1. The minimum atomic E-state index is -3.96. The Labute approximate surface area is 210 Å². The molecule has 0 amide bonds. The third-order valence-electron chi connectivity index (χ3n) is 5.96. The number of hydrogen-bond acceptors (Lipinski definition) is 10. The van der Waals surface area contributed by atoms with E-state index < -0.39 is 26.0 Å². The Balaban J connectivity index is 1.38. The average molecular weight is 518 g/mol. The second-order valence-corrected chi connectivity index (χ2v) is 10.4. The number of nitrogens with one attached hydrogen (secondary N) is 1. The van der Waals surface area contributed by atoms with Gasteiger partial charge in [0.25, 0.3) is 0 Å². The summed E-state index contributed by atoms with van der Waals surface area (Å²) < 4.78 is 36.7. The number of nitrogens with two attached hydrogens (primary N) is 1. The maximum absolute atomic E-state index is 13.7. The molecule has 1 saturated carbocycles. The topological polar surface area (TPSA) is 137 Å². The normalized spacial score (nSPS) is 25.5. The molecule has 2 fully saturated rings. The van der Waals surface area contributed by atoms with Crippen molar-refractivity contribution in [3.8, 4) is 5.75 Å². The fourth-order valence-corrected chi connectivity index (χ4v) is 5.34. The first-order chi connectivity index (χ1) is 17.4. The molecule has 36 heavy (non-hydrogen) atoms. The monoisotopic (exact) mass is 517 g/mol. The highest BCUT2D eigenvalue weighted by molar-refractivity contribution is 7.52. The summed E-state index contributed by atoms with van der Waals surface area (Å²) in [5, 5.41) is 8.63. The van der Waals surface area contributed by atoms with E-state index in [1.165, 1.54) is 6.34 Å². The van der Waals surface area contributed by atoms with Gasteiger partial charge in [0.15, 0.2) is 12.1 Å². The Hall–Kier alpha value is -2.98. The second-order valence-electron chi connectivity index (χ2n) is 8.71. The van der Waals surface area contributed by atoms with Crippen molar-refractivity contribution in [2.24, 2.45) is 15.8 Å². The van der Waals surface area contributed by atoms with Crippen LogP contribution in [0.25, 0.3) is 0 Å². The number of allylic oxidation sites excluding steroid dienone is 2. The summed E-state index contributed by atoms with van der Waals surface area (Å²) in [5.74, 6) is 0.150. The largest absolute Gasteiger partial charge is 0.461 e. The SMILES string of the molecule is C=C/C=C1/C(N)=NC=NN1C1CCC(COP(=O)(NC(C)C(=O)OC2CCC2)Oc2ccccc2)O1. The van der Waals surface area contributed by atoms with Gasteiger partial charge in [-0.1, -0.05) is 30.9 Å². The number of rotatable bonds is 11. The van der Waals surface area contributed by atoms with Gasteiger partial charge in [0.05, 0.1) is 12.7 Å². The Kier molecular flexibility index (Phi) is 8.58. The molecule has 4 atom stereocenters. The van der Waals surface area contributed by atoms with Crippen LogP contribution in [0.4, 0.5) is 0 Å². The quantitative estimate of drug-likeness (QED) is 0.334. The van der Waals surface area contributed by atoms with Crippen molar-refractivity contribution < 1.29 is 27.9 Å². The Bertz CT molecular complexity index is 1070. The zero-order chi connectivity index (χ0) is 25.5. The lowest BCUT2D eigenvalue weighted by Gasteiger charge is -2.29. The molecule has 0 bridgehead atoms. The first-order valence-corrected chi connectivity index (χ1v) is 13.5. The van der Waals surface area contributed by atoms with Gasteiger partial charge in [0, 0.05) is 0 Å². The number of nitrogens with zero attached hydrogens (tertiary/aromatic N) is 3. The summed E-state index contributed by atoms with van der Waals surface area (Å²) in [6.07, 6.45) is 7.76. The van der Waals surface area contributed by atoms with E-state index in [0.29, 0.717) is 30.1 Å². The first-order valence-electron chi connectivity index (χ1n) is 12.0. The third kappa shape index (κ3) is 6.61. The highest BCUT2D eigenvalue weighted by atomic mass is 31.2. The predicted molar refractivity (Wildman–Crippen MR) is 135 cm³/mol. The van der Waals surface area contributed by atoms with Gasteiger partial charge in [-0.15, -0.1) is 0 Å². The molecule has 1 saturated heterocycles. The highest BCUT2D eigenvalue weighted by Gasteiger charge is 2.38. The maximum atomic E-state index is 13.7. The van der Waals surface area contributed by atoms with Gasteiger partial charge in [-0.2, -0.15) is 10.2 Å². The van der Waals surface area contributed by atoms with Gasteiger partial charge < -0.3 is 19.7 Å². The average Bonchev–Trinajstić information content (AvgIpc) is 3.31. The summed E-state index contributed by atoms with van der Waals surface area (Å²) in [6.45, 7) is 5.25. The fraction of sp³-hybridized carbons (Fsp3) is 0.458. The minimum absolute atomic E-state index is 0.0281. The number of esters is 1. The minimum Gasteiger partial charge on any atom is -0.461 e. The number of hydrogen-bond donors (Lipinski definition) is 2. The van der Waals surface area contributed by atoms with Gasteiger partial charge in [-0.3, -0.25) is 9.32 Å². The molecular weight excluding hydrogens is 485 g/mol. The summed E-state index contributed by atoms with van der Waals surface area (Å²) in [4.78, 5) is 16.5. The van der Waals surface area contributed by atoms with E-state index in [2.05, 4.69) is 21.8 Å². The van der Waals surface area contributed by atoms with E-state index in [1.807, 2.05) is 6.07 Å². The van der Waals surface area contributed by atoms with Crippen LogP contribution in [-0.2, 0) is 23.4 Å². The Morgan fingerprint density at radius 2 is 2.11 bits per heavy atom. The van der Waals surface area contributed by atoms with Crippen molar-refractivity contribution in [1.82, 2.24) is 10.1 Å². The van der Waals surface area contributed by atoms with Crippen LogP contribution in [0, 0.1) is 0 Å². The number of ether oxygens (including phenoxy) is 2.